The average molecular weight is 452 g/mol. The van der Waals surface area contributed by atoms with Crippen molar-refractivity contribution in [1.82, 2.24) is 4.90 Å². The maximum atomic E-state index is 12.8. The molecule has 4 fully saturated rings. The van der Waals surface area contributed by atoms with Crippen molar-refractivity contribution in [3.63, 3.8) is 0 Å². The molecule has 0 radical (unpaired) electrons. The molecule has 32 heavy (non-hydrogen) atoms. The van der Waals surface area contributed by atoms with E-state index in [4.69, 9.17) is 0 Å². The molecule has 1 saturated heterocycles. The maximum absolute atomic E-state index is 12.8. The molecule has 0 spiro atoms. The lowest BCUT2D eigenvalue weighted by Gasteiger charge is -2.45. The van der Waals surface area contributed by atoms with Crippen LogP contribution < -0.4 is 0 Å². The summed E-state index contributed by atoms with van der Waals surface area (Å²) in [6.07, 6.45) is 10.6. The number of aliphatic hydroxyl groups is 2. The molecule has 3 saturated carbocycles. The Balaban J connectivity index is 1.39. The molecule has 0 aromatic rings. The summed E-state index contributed by atoms with van der Waals surface area (Å²) >= 11 is 0. The summed E-state index contributed by atoms with van der Waals surface area (Å²) in [5.41, 5.74) is 3.07. The number of halogens is 2. The van der Waals surface area contributed by atoms with Crippen molar-refractivity contribution in [2.45, 2.75) is 96.7 Å². The van der Waals surface area contributed by atoms with Gasteiger partial charge in [0.05, 0.1) is 12.2 Å². The Bertz CT molecular complexity index is 696. The van der Waals surface area contributed by atoms with Crippen LogP contribution >= 0.6 is 0 Å². The van der Waals surface area contributed by atoms with E-state index in [1.165, 1.54) is 31.3 Å². The summed E-state index contributed by atoms with van der Waals surface area (Å²) in [5.74, 6) is 2.08. The van der Waals surface area contributed by atoms with Gasteiger partial charge in [0.25, 0.3) is 0 Å². The van der Waals surface area contributed by atoms with Crippen LogP contribution in [0.4, 0.5) is 8.78 Å². The van der Waals surface area contributed by atoms with E-state index in [0.29, 0.717) is 42.4 Å². The van der Waals surface area contributed by atoms with Crippen LogP contribution in [0.3, 0.4) is 0 Å². The predicted octanol–water partition coefficient (Wildman–Crippen LogP) is 5.57. The third-order valence-electron chi connectivity index (χ3n) is 9.23. The summed E-state index contributed by atoms with van der Waals surface area (Å²) in [5, 5.41) is 20.0. The third kappa shape index (κ3) is 5.47. The molecule has 5 heteroatoms. The minimum atomic E-state index is -2.17. The van der Waals surface area contributed by atoms with E-state index in [0.717, 1.165) is 32.5 Å². The van der Waals surface area contributed by atoms with E-state index in [2.05, 4.69) is 30.9 Å². The van der Waals surface area contributed by atoms with Gasteiger partial charge in [-0.1, -0.05) is 37.1 Å². The minimum absolute atomic E-state index is 0.0613. The van der Waals surface area contributed by atoms with Crippen LogP contribution in [-0.4, -0.2) is 53.4 Å². The van der Waals surface area contributed by atoms with Crippen molar-refractivity contribution in [3.8, 4) is 0 Å². The molecule has 0 amide bonds. The Morgan fingerprint density at radius 3 is 2.59 bits per heavy atom. The molecule has 4 rings (SSSR count). The highest BCUT2D eigenvalue weighted by molar-refractivity contribution is 5.26. The average Bonchev–Trinajstić information content (AvgIpc) is 3.28. The number of nitrogens with zero attached hydrogens (tertiary/aromatic N) is 1. The second-order valence-electron chi connectivity index (χ2n) is 11.6. The first-order chi connectivity index (χ1) is 15.2. The van der Waals surface area contributed by atoms with Crippen molar-refractivity contribution in [2.75, 3.05) is 19.6 Å². The third-order valence-corrected chi connectivity index (χ3v) is 9.23. The van der Waals surface area contributed by atoms with E-state index in [-0.39, 0.29) is 12.3 Å². The van der Waals surface area contributed by atoms with Gasteiger partial charge in [-0.15, -0.1) is 0 Å². The second-order valence-corrected chi connectivity index (χ2v) is 11.6. The first-order valence-electron chi connectivity index (χ1n) is 13.0. The molecule has 0 bridgehead atoms. The van der Waals surface area contributed by atoms with Crippen LogP contribution in [0, 0.1) is 29.1 Å². The topological polar surface area (TPSA) is 43.7 Å². The lowest BCUT2D eigenvalue weighted by atomic mass is 9.61. The number of hydrogen-bond acceptors (Lipinski definition) is 3. The molecule has 7 atom stereocenters. The van der Waals surface area contributed by atoms with Crippen molar-refractivity contribution in [2.24, 2.45) is 29.1 Å². The largest absolute Gasteiger partial charge is 0.393 e. The number of fused-ring (bicyclic) bond motifs is 1. The molecule has 1 aliphatic heterocycles. The van der Waals surface area contributed by atoms with Crippen LogP contribution in [0.15, 0.2) is 23.3 Å². The summed E-state index contributed by atoms with van der Waals surface area (Å²) in [7, 11) is 0. The SMILES string of the molecule is CC(CN1CC[C@@H](CC(F)F)C1)[C@H]1CC[C@H]2/C(=C/C=C3C[C@@H](O)C[C@H](O)C3)CCC[C@]12C. The Morgan fingerprint density at radius 1 is 1.12 bits per heavy atom. The Morgan fingerprint density at radius 2 is 1.88 bits per heavy atom. The smallest absolute Gasteiger partial charge is 0.238 e. The Labute approximate surface area is 193 Å². The van der Waals surface area contributed by atoms with Gasteiger partial charge in [0.2, 0.25) is 6.43 Å². The van der Waals surface area contributed by atoms with E-state index in [1.807, 2.05) is 0 Å². The monoisotopic (exact) mass is 451 g/mol. The Kier molecular flexibility index (Phi) is 7.78. The van der Waals surface area contributed by atoms with Gasteiger partial charge in [0.1, 0.15) is 0 Å². The van der Waals surface area contributed by atoms with Crippen LogP contribution in [0.2, 0.25) is 0 Å². The van der Waals surface area contributed by atoms with Gasteiger partial charge in [0.15, 0.2) is 0 Å². The molecule has 3 nitrogen and oxygen atoms in total. The number of alkyl halides is 2. The zero-order chi connectivity index (χ0) is 22.9. The van der Waals surface area contributed by atoms with E-state index in [9.17, 15) is 19.0 Å². The first kappa shape index (κ1) is 24.3. The van der Waals surface area contributed by atoms with E-state index < -0.39 is 18.6 Å². The second kappa shape index (κ2) is 10.2. The number of likely N-dealkylation sites (tertiary alicyclic amines) is 1. The van der Waals surface area contributed by atoms with Crippen LogP contribution in [0.5, 0.6) is 0 Å². The lowest BCUT2D eigenvalue weighted by Crippen LogP contribution is -2.39. The van der Waals surface area contributed by atoms with Gasteiger partial charge in [-0.3, -0.25) is 0 Å². The highest BCUT2D eigenvalue weighted by atomic mass is 19.3. The molecule has 1 heterocycles. The summed E-state index contributed by atoms with van der Waals surface area (Å²) < 4.78 is 25.5. The van der Waals surface area contributed by atoms with Crippen molar-refractivity contribution < 1.29 is 19.0 Å². The molecule has 4 aliphatic rings. The fourth-order valence-electron chi connectivity index (χ4n) is 7.80. The summed E-state index contributed by atoms with van der Waals surface area (Å²) in [6.45, 7) is 7.77. The van der Waals surface area contributed by atoms with Gasteiger partial charge in [-0.05, 0) is 93.4 Å². The van der Waals surface area contributed by atoms with Gasteiger partial charge in [-0.2, -0.15) is 0 Å². The van der Waals surface area contributed by atoms with Crippen molar-refractivity contribution in [1.29, 1.82) is 0 Å². The van der Waals surface area contributed by atoms with Crippen LogP contribution in [-0.2, 0) is 0 Å². The number of aliphatic hydroxyl groups excluding tert-OH is 2. The highest BCUT2D eigenvalue weighted by Crippen LogP contribution is 2.59. The van der Waals surface area contributed by atoms with Gasteiger partial charge in [-0.25, -0.2) is 8.78 Å². The quantitative estimate of drug-likeness (QED) is 0.554. The first-order valence-corrected chi connectivity index (χ1v) is 13.0. The van der Waals surface area contributed by atoms with E-state index >= 15 is 0 Å². The zero-order valence-corrected chi connectivity index (χ0v) is 20.0. The molecule has 182 valence electrons. The number of rotatable bonds is 6. The molecule has 0 aromatic heterocycles. The standard InChI is InChI=1S/C27H43F2NO2/c1-18(16-30-11-9-20(17-30)14-26(28)29)24-7-8-25-21(4-3-10-27(24,25)2)6-5-19-12-22(31)15-23(32)13-19/h5-6,18,20,22-26,31-32H,3-4,7-17H2,1-2H3/b21-6+/t18?,20-,22+,23+,24+,25-,27+/m0/s1. The lowest BCUT2D eigenvalue weighted by molar-refractivity contribution is 0.0609. The fourth-order valence-corrected chi connectivity index (χ4v) is 7.80. The van der Waals surface area contributed by atoms with Crippen LogP contribution in [0.25, 0.3) is 0 Å². The molecule has 3 aliphatic carbocycles. The normalized spacial score (nSPS) is 40.8. The Hall–Kier alpha value is -0.780. The predicted molar refractivity (Wildman–Crippen MR) is 125 cm³/mol. The van der Waals surface area contributed by atoms with Crippen molar-refractivity contribution >= 4 is 0 Å². The molecular weight excluding hydrogens is 408 g/mol. The summed E-state index contributed by atoms with van der Waals surface area (Å²) in [6, 6.07) is 0. The maximum Gasteiger partial charge on any atom is 0.238 e. The summed E-state index contributed by atoms with van der Waals surface area (Å²) in [4.78, 5) is 2.44. The van der Waals surface area contributed by atoms with E-state index in [1.54, 1.807) is 5.57 Å². The zero-order valence-electron chi connectivity index (χ0n) is 20.0. The van der Waals surface area contributed by atoms with Crippen LogP contribution in [0.1, 0.15) is 78.1 Å². The molecule has 0 aromatic carbocycles. The number of hydrogen-bond donors (Lipinski definition) is 2. The number of allylic oxidation sites excluding steroid dienone is 3. The fraction of sp³-hybridized carbons (Fsp3) is 0.852. The minimum Gasteiger partial charge on any atom is -0.393 e. The highest BCUT2D eigenvalue weighted by Gasteiger charge is 2.50. The van der Waals surface area contributed by atoms with Gasteiger partial charge in [0, 0.05) is 19.5 Å². The van der Waals surface area contributed by atoms with Gasteiger partial charge < -0.3 is 15.1 Å². The van der Waals surface area contributed by atoms with Crippen molar-refractivity contribution in [3.05, 3.63) is 23.3 Å². The molecular formula is C27H43F2NO2. The van der Waals surface area contributed by atoms with Gasteiger partial charge >= 0.3 is 0 Å². The molecule has 2 N–H and O–H groups in total. The molecule has 1 unspecified atom stereocenters.